The largest absolute Gasteiger partial charge is 0.352 e. The van der Waals surface area contributed by atoms with Crippen molar-refractivity contribution in [1.82, 2.24) is 30.3 Å². The van der Waals surface area contributed by atoms with Crippen molar-refractivity contribution in [2.75, 3.05) is 31.1 Å². The Bertz CT molecular complexity index is 960. The van der Waals surface area contributed by atoms with Crippen LogP contribution in [-0.2, 0) is 0 Å². The van der Waals surface area contributed by atoms with E-state index < -0.39 is 0 Å². The van der Waals surface area contributed by atoms with Crippen molar-refractivity contribution in [3.05, 3.63) is 64.8 Å². The second-order valence-corrected chi connectivity index (χ2v) is 6.10. The highest BCUT2D eigenvalue weighted by Crippen LogP contribution is 2.19. The molecule has 1 fully saturated rings. The first-order chi connectivity index (χ1) is 13.2. The Morgan fingerprint density at radius 3 is 2.33 bits per heavy atom. The second-order valence-electron chi connectivity index (χ2n) is 6.10. The van der Waals surface area contributed by atoms with Gasteiger partial charge in [0, 0.05) is 50.2 Å². The summed E-state index contributed by atoms with van der Waals surface area (Å²) < 4.78 is 0. The number of rotatable bonds is 3. The number of amides is 1. The first-order valence-corrected chi connectivity index (χ1v) is 8.55. The maximum absolute atomic E-state index is 12.4. The van der Waals surface area contributed by atoms with Crippen molar-refractivity contribution in [1.29, 1.82) is 0 Å². The summed E-state index contributed by atoms with van der Waals surface area (Å²) in [6.07, 6.45) is 3.44. The molecule has 0 radical (unpaired) electrons. The molecule has 3 aromatic heterocycles. The summed E-state index contributed by atoms with van der Waals surface area (Å²) >= 11 is 0. The van der Waals surface area contributed by atoms with E-state index in [-0.39, 0.29) is 17.2 Å². The zero-order valence-electron chi connectivity index (χ0n) is 14.4. The van der Waals surface area contributed by atoms with Crippen molar-refractivity contribution in [3.8, 4) is 11.3 Å². The quantitative estimate of drug-likeness (QED) is 0.725. The van der Waals surface area contributed by atoms with Crippen LogP contribution in [0.15, 0.2) is 53.6 Å². The smallest absolute Gasteiger partial charge is 0.274 e. The minimum absolute atomic E-state index is 0.190. The molecule has 9 heteroatoms. The number of carbonyl (C=O) groups excluding carboxylic acids is 1. The minimum atomic E-state index is -0.329. The van der Waals surface area contributed by atoms with E-state index in [0.29, 0.717) is 26.2 Å². The number of nitrogens with zero attached hydrogens (tertiary/aromatic N) is 6. The Labute approximate surface area is 154 Å². The summed E-state index contributed by atoms with van der Waals surface area (Å²) in [6.45, 7) is 2.40. The summed E-state index contributed by atoms with van der Waals surface area (Å²) in [7, 11) is 0. The molecular weight excluding hydrogens is 346 g/mol. The number of piperazine rings is 1. The lowest BCUT2D eigenvalue weighted by molar-refractivity contribution is 0.0739. The fraction of sp³-hybridized carbons (Fsp3) is 0.222. The molecule has 0 bridgehead atoms. The Balaban J connectivity index is 1.39. The molecule has 1 saturated heterocycles. The third-order valence-corrected chi connectivity index (χ3v) is 4.42. The predicted octanol–water partition coefficient (Wildman–Crippen LogP) is 0.584. The fourth-order valence-corrected chi connectivity index (χ4v) is 2.93. The number of hydrogen-bond donors (Lipinski definition) is 1. The van der Waals surface area contributed by atoms with Gasteiger partial charge in [0.25, 0.3) is 11.5 Å². The minimum Gasteiger partial charge on any atom is -0.352 e. The normalized spacial score (nSPS) is 14.2. The number of aromatic nitrogens is 5. The molecule has 1 aliphatic rings. The molecule has 0 spiro atoms. The van der Waals surface area contributed by atoms with Crippen LogP contribution in [0.5, 0.6) is 0 Å². The van der Waals surface area contributed by atoms with E-state index in [1.807, 2.05) is 24.3 Å². The first kappa shape index (κ1) is 16.8. The predicted molar refractivity (Wildman–Crippen MR) is 98.2 cm³/mol. The standard InChI is InChI=1S/C18H17N7O2/c26-17-4-2-15(21-23-17)18(27)25-11-9-24(10-12-25)16-3-1-14(20-22-16)13-5-7-19-8-6-13/h1-8H,9-12H2,(H,23,26). The summed E-state index contributed by atoms with van der Waals surface area (Å²) in [5.74, 6) is 0.590. The van der Waals surface area contributed by atoms with Crippen LogP contribution in [0.3, 0.4) is 0 Å². The molecular formula is C18H17N7O2. The summed E-state index contributed by atoms with van der Waals surface area (Å²) in [4.78, 5) is 31.3. The maximum atomic E-state index is 12.4. The fourth-order valence-electron chi connectivity index (χ4n) is 2.93. The summed E-state index contributed by atoms with van der Waals surface area (Å²) in [5, 5.41) is 14.7. The molecule has 0 aliphatic carbocycles. The molecule has 0 unspecified atom stereocenters. The first-order valence-electron chi connectivity index (χ1n) is 8.55. The zero-order valence-corrected chi connectivity index (χ0v) is 14.4. The molecule has 9 nitrogen and oxygen atoms in total. The zero-order chi connectivity index (χ0) is 18.6. The van der Waals surface area contributed by atoms with Crippen molar-refractivity contribution in [3.63, 3.8) is 0 Å². The van der Waals surface area contributed by atoms with Gasteiger partial charge in [-0.15, -0.1) is 10.2 Å². The average Bonchev–Trinajstić information content (AvgIpc) is 2.75. The highest BCUT2D eigenvalue weighted by molar-refractivity contribution is 5.92. The van der Waals surface area contributed by atoms with E-state index in [1.54, 1.807) is 17.3 Å². The number of anilines is 1. The van der Waals surface area contributed by atoms with Crippen LogP contribution in [0, 0.1) is 0 Å². The van der Waals surface area contributed by atoms with E-state index in [2.05, 4.69) is 30.3 Å². The van der Waals surface area contributed by atoms with Crippen molar-refractivity contribution < 1.29 is 4.79 Å². The van der Waals surface area contributed by atoms with Crippen LogP contribution < -0.4 is 10.5 Å². The van der Waals surface area contributed by atoms with Gasteiger partial charge in [-0.05, 0) is 30.3 Å². The van der Waals surface area contributed by atoms with Crippen LogP contribution in [0.4, 0.5) is 5.82 Å². The Kier molecular flexibility index (Phi) is 4.56. The van der Waals surface area contributed by atoms with Crippen molar-refractivity contribution >= 4 is 11.7 Å². The van der Waals surface area contributed by atoms with Crippen LogP contribution in [0.1, 0.15) is 10.5 Å². The van der Waals surface area contributed by atoms with Crippen LogP contribution >= 0.6 is 0 Å². The van der Waals surface area contributed by atoms with E-state index >= 15 is 0 Å². The summed E-state index contributed by atoms with van der Waals surface area (Å²) in [6, 6.07) is 10.4. The lowest BCUT2D eigenvalue weighted by Crippen LogP contribution is -2.49. The van der Waals surface area contributed by atoms with Gasteiger partial charge in [0.2, 0.25) is 0 Å². The monoisotopic (exact) mass is 363 g/mol. The second kappa shape index (κ2) is 7.32. The highest BCUT2D eigenvalue weighted by Gasteiger charge is 2.24. The Morgan fingerprint density at radius 2 is 1.70 bits per heavy atom. The molecule has 1 aliphatic heterocycles. The van der Waals surface area contributed by atoms with Crippen LogP contribution in [0.2, 0.25) is 0 Å². The molecule has 4 heterocycles. The van der Waals surface area contributed by atoms with Gasteiger partial charge in [-0.1, -0.05) is 0 Å². The van der Waals surface area contributed by atoms with Crippen molar-refractivity contribution in [2.45, 2.75) is 0 Å². The summed E-state index contributed by atoms with van der Waals surface area (Å²) in [5.41, 5.74) is 1.67. The number of H-pyrrole nitrogens is 1. The molecule has 1 N–H and O–H groups in total. The number of carbonyl (C=O) groups is 1. The molecule has 1 amide bonds. The van der Waals surface area contributed by atoms with Crippen molar-refractivity contribution in [2.24, 2.45) is 0 Å². The van der Waals surface area contributed by atoms with E-state index in [1.165, 1.54) is 12.1 Å². The third-order valence-electron chi connectivity index (χ3n) is 4.42. The molecule has 0 atom stereocenters. The molecule has 3 aromatic rings. The topological polar surface area (TPSA) is 108 Å². The van der Waals surface area contributed by atoms with Crippen LogP contribution in [0.25, 0.3) is 11.3 Å². The highest BCUT2D eigenvalue weighted by atomic mass is 16.2. The van der Waals surface area contributed by atoms with Crippen LogP contribution in [-0.4, -0.2) is 62.4 Å². The van der Waals surface area contributed by atoms with E-state index in [9.17, 15) is 9.59 Å². The van der Waals surface area contributed by atoms with Gasteiger partial charge in [-0.25, -0.2) is 5.10 Å². The van der Waals surface area contributed by atoms with E-state index in [4.69, 9.17) is 0 Å². The molecule has 136 valence electrons. The number of hydrogen-bond acceptors (Lipinski definition) is 7. The molecule has 0 saturated carbocycles. The van der Waals surface area contributed by atoms with Gasteiger partial charge in [0.15, 0.2) is 5.82 Å². The van der Waals surface area contributed by atoms with Gasteiger partial charge in [-0.3, -0.25) is 14.6 Å². The van der Waals surface area contributed by atoms with Gasteiger partial charge in [-0.2, -0.15) is 5.10 Å². The average molecular weight is 363 g/mol. The number of aromatic amines is 1. The SMILES string of the molecule is O=C(c1ccc(=O)[nH]n1)N1CCN(c2ccc(-c3ccncc3)nn2)CC1. The molecule has 0 aromatic carbocycles. The molecule has 4 rings (SSSR count). The Morgan fingerprint density at radius 1 is 0.926 bits per heavy atom. The third kappa shape index (κ3) is 3.66. The number of pyridine rings is 1. The van der Waals surface area contributed by atoms with Gasteiger partial charge >= 0.3 is 0 Å². The Hall–Kier alpha value is -3.62. The van der Waals surface area contributed by atoms with Gasteiger partial charge in [0.05, 0.1) is 5.69 Å². The van der Waals surface area contributed by atoms with Gasteiger partial charge < -0.3 is 9.80 Å². The van der Waals surface area contributed by atoms with E-state index in [0.717, 1.165) is 17.1 Å². The lowest BCUT2D eigenvalue weighted by Gasteiger charge is -2.34. The lowest BCUT2D eigenvalue weighted by atomic mass is 10.2. The van der Waals surface area contributed by atoms with Gasteiger partial charge in [0.1, 0.15) is 5.69 Å². The maximum Gasteiger partial charge on any atom is 0.274 e. The number of nitrogens with one attached hydrogen (secondary N) is 1. The molecule has 27 heavy (non-hydrogen) atoms.